The molecule has 6 rings (SSSR count). The highest BCUT2D eigenvalue weighted by molar-refractivity contribution is 6.21. The van der Waals surface area contributed by atoms with Gasteiger partial charge in [-0.2, -0.15) is 0 Å². The summed E-state index contributed by atoms with van der Waals surface area (Å²) in [6.45, 7) is 13.9. The highest BCUT2D eigenvalue weighted by Crippen LogP contribution is 2.68. The van der Waals surface area contributed by atoms with Gasteiger partial charge in [0.15, 0.2) is 0 Å². The third-order valence-corrected chi connectivity index (χ3v) is 13.8. The lowest BCUT2D eigenvalue weighted by Crippen LogP contribution is -2.56. The van der Waals surface area contributed by atoms with E-state index in [9.17, 15) is 9.59 Å². The zero-order valence-corrected chi connectivity index (χ0v) is 27.7. The second kappa shape index (κ2) is 12.2. The van der Waals surface area contributed by atoms with Gasteiger partial charge in [0.2, 0.25) is 0 Å². The smallest absolute Gasteiger partial charge is 0.261 e. The van der Waals surface area contributed by atoms with E-state index in [2.05, 4.69) is 39.9 Å². The van der Waals surface area contributed by atoms with Gasteiger partial charge in [0.1, 0.15) is 0 Å². The third-order valence-electron chi connectivity index (χ3n) is 13.8. The summed E-state index contributed by atoms with van der Waals surface area (Å²) in [7, 11) is 0. The van der Waals surface area contributed by atoms with E-state index in [1.165, 1.54) is 75.5 Å². The van der Waals surface area contributed by atoms with Crippen LogP contribution in [-0.2, 0) is 0 Å². The van der Waals surface area contributed by atoms with Gasteiger partial charge < -0.3 is 11.1 Å². The van der Waals surface area contributed by atoms with Gasteiger partial charge >= 0.3 is 0 Å². The maximum Gasteiger partial charge on any atom is 0.261 e. The van der Waals surface area contributed by atoms with Crippen LogP contribution < -0.4 is 11.1 Å². The zero-order valence-electron chi connectivity index (χ0n) is 27.7. The molecule has 10 unspecified atom stereocenters. The van der Waals surface area contributed by atoms with Gasteiger partial charge in [0.05, 0.1) is 11.1 Å². The molecule has 2 amide bonds. The summed E-state index contributed by atoms with van der Waals surface area (Å²) in [5.41, 5.74) is 9.05. The lowest BCUT2D eigenvalue weighted by Gasteiger charge is -2.61. The fourth-order valence-corrected chi connectivity index (χ4v) is 11.7. The minimum atomic E-state index is -0.134. The van der Waals surface area contributed by atoms with Gasteiger partial charge in [0, 0.05) is 18.6 Å². The molecule has 1 aromatic carbocycles. The summed E-state index contributed by atoms with van der Waals surface area (Å²) < 4.78 is 0. The number of rotatable bonds is 10. The molecule has 5 aliphatic rings. The molecule has 1 aromatic rings. The molecule has 43 heavy (non-hydrogen) atoms. The monoisotopic (exact) mass is 589 g/mol. The number of fused-ring (bicyclic) bond motifs is 6. The van der Waals surface area contributed by atoms with Crippen molar-refractivity contribution in [1.82, 2.24) is 10.2 Å². The lowest BCUT2D eigenvalue weighted by molar-refractivity contribution is -0.116. The Hall–Kier alpha value is -1.72. The summed E-state index contributed by atoms with van der Waals surface area (Å²) in [5, 5.41) is 3.85. The van der Waals surface area contributed by atoms with Crippen LogP contribution in [0.1, 0.15) is 132 Å². The van der Waals surface area contributed by atoms with E-state index in [0.29, 0.717) is 46.5 Å². The normalized spacial score (nSPS) is 39.4. The van der Waals surface area contributed by atoms with Crippen LogP contribution in [-0.4, -0.2) is 41.9 Å². The lowest BCUT2D eigenvalue weighted by atomic mass is 9.44. The third kappa shape index (κ3) is 5.53. The molecule has 1 heterocycles. The summed E-state index contributed by atoms with van der Waals surface area (Å²) in [6, 6.07) is 8.13. The first-order chi connectivity index (χ1) is 20.5. The largest absolute Gasteiger partial charge is 0.327 e. The van der Waals surface area contributed by atoms with Gasteiger partial charge in [-0.1, -0.05) is 59.6 Å². The minimum absolute atomic E-state index is 0.134. The summed E-state index contributed by atoms with van der Waals surface area (Å²) in [6.07, 6.45) is 15.5. The molecule has 4 saturated carbocycles. The van der Waals surface area contributed by atoms with Gasteiger partial charge in [-0.25, -0.2) is 0 Å². The molecule has 0 spiro atoms. The minimum Gasteiger partial charge on any atom is -0.327 e. The van der Waals surface area contributed by atoms with Crippen LogP contribution in [0.3, 0.4) is 0 Å². The van der Waals surface area contributed by atoms with E-state index in [-0.39, 0.29) is 11.8 Å². The van der Waals surface area contributed by atoms with Crippen LogP contribution in [0.25, 0.3) is 0 Å². The predicted octanol–water partition coefficient (Wildman–Crippen LogP) is 7.69. The molecule has 3 N–H and O–H groups in total. The molecule has 238 valence electrons. The topological polar surface area (TPSA) is 75.4 Å². The number of nitrogens with zero attached hydrogens (tertiary/aromatic N) is 1. The van der Waals surface area contributed by atoms with Crippen molar-refractivity contribution < 1.29 is 9.59 Å². The van der Waals surface area contributed by atoms with Crippen LogP contribution in [0.2, 0.25) is 0 Å². The maximum absolute atomic E-state index is 12.7. The Morgan fingerprint density at radius 2 is 1.60 bits per heavy atom. The summed E-state index contributed by atoms with van der Waals surface area (Å²) >= 11 is 0. The van der Waals surface area contributed by atoms with Crippen molar-refractivity contribution in [3.8, 4) is 0 Å². The van der Waals surface area contributed by atoms with Crippen molar-refractivity contribution in [1.29, 1.82) is 0 Å². The van der Waals surface area contributed by atoms with Crippen molar-refractivity contribution in [2.45, 2.75) is 124 Å². The van der Waals surface area contributed by atoms with Crippen molar-refractivity contribution in [3.05, 3.63) is 35.4 Å². The zero-order chi connectivity index (χ0) is 30.5. The second-order valence-corrected chi connectivity index (χ2v) is 16.5. The Balaban J connectivity index is 1.02. The van der Waals surface area contributed by atoms with Crippen molar-refractivity contribution in [2.24, 2.45) is 58.0 Å². The maximum atomic E-state index is 12.7. The molecular weight excluding hydrogens is 530 g/mol. The van der Waals surface area contributed by atoms with Gasteiger partial charge in [-0.3, -0.25) is 14.5 Å². The molecule has 0 bridgehead atoms. The molecule has 5 nitrogen and oxygen atoms in total. The average molecular weight is 590 g/mol. The number of hydrogen-bond donors (Lipinski definition) is 2. The summed E-state index contributed by atoms with van der Waals surface area (Å²) in [5.74, 6) is 5.40. The van der Waals surface area contributed by atoms with E-state index in [0.717, 1.165) is 48.5 Å². The highest BCUT2D eigenvalue weighted by Gasteiger charge is 2.62. The molecule has 1 aliphatic heterocycles. The van der Waals surface area contributed by atoms with Crippen LogP contribution in [0, 0.1) is 52.3 Å². The Labute approximate surface area is 261 Å². The molecule has 5 heteroatoms. The molecule has 10 atom stereocenters. The number of hydrogen-bond acceptors (Lipinski definition) is 4. The molecule has 0 aromatic heterocycles. The van der Waals surface area contributed by atoms with E-state index in [4.69, 9.17) is 5.73 Å². The van der Waals surface area contributed by atoms with E-state index in [1.807, 2.05) is 12.1 Å². The van der Waals surface area contributed by atoms with Crippen LogP contribution in [0.4, 0.5) is 0 Å². The number of nitrogens with two attached hydrogens (primary N) is 1. The van der Waals surface area contributed by atoms with Gasteiger partial charge in [-0.15, -0.1) is 0 Å². The van der Waals surface area contributed by atoms with Crippen LogP contribution >= 0.6 is 0 Å². The molecule has 0 saturated heterocycles. The number of amides is 2. The van der Waals surface area contributed by atoms with Gasteiger partial charge in [-0.05, 0) is 135 Å². The Bertz CT molecular complexity index is 1150. The Morgan fingerprint density at radius 3 is 2.30 bits per heavy atom. The van der Waals surface area contributed by atoms with E-state index >= 15 is 0 Å². The van der Waals surface area contributed by atoms with Crippen molar-refractivity contribution in [2.75, 3.05) is 13.1 Å². The van der Waals surface area contributed by atoms with Crippen molar-refractivity contribution >= 4 is 11.8 Å². The molecular formula is C38H59N3O2. The first kappa shape index (κ1) is 31.3. The number of nitrogens with one attached hydrogen (secondary N) is 1. The molecule has 4 aliphatic carbocycles. The number of carbonyl (C=O) groups is 2. The quantitative estimate of drug-likeness (QED) is 0.217. The Morgan fingerprint density at radius 1 is 0.907 bits per heavy atom. The molecule has 0 radical (unpaired) electrons. The van der Waals surface area contributed by atoms with E-state index in [1.54, 1.807) is 12.1 Å². The van der Waals surface area contributed by atoms with Crippen LogP contribution in [0.15, 0.2) is 24.3 Å². The number of carbonyl (C=O) groups excluding carboxylic acids is 2. The van der Waals surface area contributed by atoms with Gasteiger partial charge in [0.25, 0.3) is 11.8 Å². The highest BCUT2D eigenvalue weighted by atomic mass is 16.2. The van der Waals surface area contributed by atoms with Crippen LogP contribution in [0.5, 0.6) is 0 Å². The number of imide groups is 1. The number of benzene rings is 1. The summed E-state index contributed by atoms with van der Waals surface area (Å²) in [4.78, 5) is 26.9. The first-order valence-corrected chi connectivity index (χ1v) is 18.0. The predicted molar refractivity (Wildman–Crippen MR) is 175 cm³/mol. The second-order valence-electron chi connectivity index (χ2n) is 16.5. The Kier molecular flexibility index (Phi) is 8.90. The standard InChI is InChI=1S/C38H59N3O2/c1-24(2)10-8-13-33(39)34-25(3)22-32-30-15-14-26-23-27(16-18-37(26,4)31(30)17-19-38(32,34)5)40-20-9-21-41-35(42)28-11-6-7-12-29(28)36(41)43/h6-7,11-12,24-27,30-34,40H,8-10,13-23,39H2,1-5H3. The van der Waals surface area contributed by atoms with Crippen molar-refractivity contribution in [3.63, 3.8) is 0 Å². The fourth-order valence-electron chi connectivity index (χ4n) is 11.7. The average Bonchev–Trinajstić information content (AvgIpc) is 3.39. The van der Waals surface area contributed by atoms with E-state index < -0.39 is 0 Å². The fraction of sp³-hybridized carbons (Fsp3) is 0.789. The molecule has 4 fully saturated rings. The SMILES string of the molecule is CC(C)CCCC(N)C1C(C)CC2C3CCC4CC(NCCCN5C(=O)c6ccccc6C5=O)CCC4(C)C3CCC21C. The first-order valence-electron chi connectivity index (χ1n) is 18.0.